The Morgan fingerprint density at radius 3 is 1.92 bits per heavy atom. The van der Waals surface area contributed by atoms with E-state index >= 15 is 0 Å². The van der Waals surface area contributed by atoms with Gasteiger partial charge in [0, 0.05) is 14.0 Å². The third-order valence-corrected chi connectivity index (χ3v) is 6.96. The van der Waals surface area contributed by atoms with Gasteiger partial charge in [0.15, 0.2) is 0 Å². The highest BCUT2D eigenvalue weighted by molar-refractivity contribution is 6.74. The van der Waals surface area contributed by atoms with Crippen LogP contribution in [0.5, 0.6) is 0 Å². The summed E-state index contributed by atoms with van der Waals surface area (Å²) < 4.78 is 5.69. The molecule has 0 aromatic carbocycles. The quantitative estimate of drug-likeness (QED) is 0.509. The Balaban J connectivity index is 4.43. The molecule has 0 saturated heterocycles. The molecule has 0 atom stereocenters. The van der Waals surface area contributed by atoms with Crippen LogP contribution in [0.2, 0.25) is 18.1 Å². The van der Waals surface area contributed by atoms with E-state index in [9.17, 15) is 4.79 Å². The molecule has 0 aliphatic rings. The van der Waals surface area contributed by atoms with Crippen molar-refractivity contribution in [3.8, 4) is 0 Å². The van der Waals surface area contributed by atoms with Gasteiger partial charge in [0.1, 0.15) is 0 Å². The van der Waals surface area contributed by atoms with Gasteiger partial charge in [-0.25, -0.2) is 5.06 Å². The van der Waals surface area contributed by atoms with Crippen molar-refractivity contribution in [2.45, 2.75) is 45.8 Å². The Hall–Kier alpha value is -0.353. The Labute approximate surface area is 82.2 Å². The van der Waals surface area contributed by atoms with Crippen molar-refractivity contribution in [2.75, 3.05) is 7.05 Å². The number of hydroxylamine groups is 2. The molecule has 3 nitrogen and oxygen atoms in total. The monoisotopic (exact) mass is 203 g/mol. The number of hydrogen-bond donors (Lipinski definition) is 0. The van der Waals surface area contributed by atoms with Gasteiger partial charge in [-0.1, -0.05) is 20.8 Å². The maximum absolute atomic E-state index is 11.0. The van der Waals surface area contributed by atoms with Crippen LogP contribution in [-0.2, 0) is 9.32 Å². The summed E-state index contributed by atoms with van der Waals surface area (Å²) in [5.41, 5.74) is 0. The zero-order valence-electron chi connectivity index (χ0n) is 9.76. The minimum atomic E-state index is -1.83. The Morgan fingerprint density at radius 1 is 1.31 bits per heavy atom. The van der Waals surface area contributed by atoms with Gasteiger partial charge in [0.05, 0.1) is 0 Å². The molecule has 78 valence electrons. The lowest BCUT2D eigenvalue weighted by molar-refractivity contribution is -0.152. The van der Waals surface area contributed by atoms with Crippen LogP contribution < -0.4 is 0 Å². The van der Waals surface area contributed by atoms with E-state index in [1.807, 2.05) is 0 Å². The van der Waals surface area contributed by atoms with Crippen molar-refractivity contribution in [1.29, 1.82) is 0 Å². The third-order valence-electron chi connectivity index (χ3n) is 2.61. The smallest absolute Gasteiger partial charge is 0.241 e. The average molecular weight is 203 g/mol. The van der Waals surface area contributed by atoms with Crippen LogP contribution in [-0.4, -0.2) is 26.3 Å². The standard InChI is InChI=1S/C9H21NO2Si/c1-8(11)10(5)12-13(6,7)9(2,3)4/h1-7H3. The SMILES string of the molecule is CC(=O)N(C)O[Si](C)(C)C(C)(C)C. The number of carbonyl (C=O) groups is 1. The number of rotatable bonds is 2. The maximum Gasteiger partial charge on any atom is 0.241 e. The summed E-state index contributed by atoms with van der Waals surface area (Å²) in [6, 6.07) is 0. The van der Waals surface area contributed by atoms with Crippen molar-refractivity contribution in [1.82, 2.24) is 5.06 Å². The second kappa shape index (κ2) is 3.80. The number of hydrogen-bond acceptors (Lipinski definition) is 2. The van der Waals surface area contributed by atoms with Gasteiger partial charge in [0.25, 0.3) is 0 Å². The summed E-state index contributed by atoms with van der Waals surface area (Å²) in [6.07, 6.45) is 0. The molecule has 0 bridgehead atoms. The molecule has 13 heavy (non-hydrogen) atoms. The van der Waals surface area contributed by atoms with Crippen LogP contribution in [0.15, 0.2) is 0 Å². The van der Waals surface area contributed by atoms with Gasteiger partial charge >= 0.3 is 0 Å². The van der Waals surface area contributed by atoms with Gasteiger partial charge in [-0.3, -0.25) is 4.79 Å². The molecule has 0 aromatic heterocycles. The van der Waals surface area contributed by atoms with E-state index in [1.165, 1.54) is 12.0 Å². The van der Waals surface area contributed by atoms with Crippen LogP contribution in [0.1, 0.15) is 27.7 Å². The molecule has 4 heteroatoms. The molecular weight excluding hydrogens is 182 g/mol. The predicted octanol–water partition coefficient (Wildman–Crippen LogP) is 2.40. The average Bonchev–Trinajstić information content (AvgIpc) is 1.83. The first-order chi connectivity index (χ1) is 5.58. The van der Waals surface area contributed by atoms with Crippen LogP contribution in [0.3, 0.4) is 0 Å². The number of amides is 1. The summed E-state index contributed by atoms with van der Waals surface area (Å²) in [7, 11) is -0.156. The molecule has 0 N–H and O–H groups in total. The van der Waals surface area contributed by atoms with Gasteiger partial charge < -0.3 is 4.53 Å². The van der Waals surface area contributed by atoms with Gasteiger partial charge in [-0.2, -0.15) is 0 Å². The number of nitrogens with zero attached hydrogens (tertiary/aromatic N) is 1. The molecule has 0 unspecified atom stereocenters. The predicted molar refractivity (Wildman–Crippen MR) is 56.7 cm³/mol. The van der Waals surface area contributed by atoms with Crippen molar-refractivity contribution >= 4 is 14.2 Å². The van der Waals surface area contributed by atoms with Crippen LogP contribution in [0.4, 0.5) is 0 Å². The maximum atomic E-state index is 11.0. The summed E-state index contributed by atoms with van der Waals surface area (Å²) >= 11 is 0. The second-order valence-electron chi connectivity index (χ2n) is 4.87. The van der Waals surface area contributed by atoms with Crippen LogP contribution >= 0.6 is 0 Å². The molecule has 1 amide bonds. The van der Waals surface area contributed by atoms with Crippen molar-refractivity contribution in [3.05, 3.63) is 0 Å². The van der Waals surface area contributed by atoms with Gasteiger partial charge in [-0.05, 0) is 18.1 Å². The zero-order chi connectivity index (χ0) is 10.9. The van der Waals surface area contributed by atoms with E-state index in [2.05, 4.69) is 33.9 Å². The van der Waals surface area contributed by atoms with Crippen molar-refractivity contribution < 1.29 is 9.32 Å². The Kier molecular flexibility index (Phi) is 3.69. The minimum Gasteiger partial charge on any atom is -0.317 e. The Bertz CT molecular complexity index is 196. The fourth-order valence-electron chi connectivity index (χ4n) is 0.544. The highest BCUT2D eigenvalue weighted by Gasteiger charge is 2.39. The van der Waals surface area contributed by atoms with E-state index in [1.54, 1.807) is 7.05 Å². The molecule has 0 aliphatic heterocycles. The lowest BCUT2D eigenvalue weighted by atomic mass is 10.2. The van der Waals surface area contributed by atoms with E-state index in [-0.39, 0.29) is 10.9 Å². The molecule has 0 aromatic rings. The van der Waals surface area contributed by atoms with Crippen LogP contribution in [0.25, 0.3) is 0 Å². The first kappa shape index (κ1) is 12.6. The van der Waals surface area contributed by atoms with E-state index < -0.39 is 8.32 Å². The third kappa shape index (κ3) is 3.48. The normalized spacial score (nSPS) is 12.8. The van der Waals surface area contributed by atoms with Gasteiger partial charge in [0.2, 0.25) is 14.2 Å². The largest absolute Gasteiger partial charge is 0.317 e. The van der Waals surface area contributed by atoms with E-state index in [4.69, 9.17) is 4.53 Å². The molecule has 0 fully saturated rings. The fourth-order valence-corrected chi connectivity index (χ4v) is 1.63. The number of carbonyl (C=O) groups excluding carboxylic acids is 1. The molecular formula is C9H21NO2Si. The van der Waals surface area contributed by atoms with Crippen molar-refractivity contribution in [2.24, 2.45) is 0 Å². The summed E-state index contributed by atoms with van der Waals surface area (Å²) in [4.78, 5) is 11.0. The first-order valence-electron chi connectivity index (χ1n) is 4.51. The lowest BCUT2D eigenvalue weighted by Crippen LogP contribution is -2.46. The topological polar surface area (TPSA) is 29.5 Å². The highest BCUT2D eigenvalue weighted by Crippen LogP contribution is 2.36. The Morgan fingerprint density at radius 2 is 1.69 bits per heavy atom. The summed E-state index contributed by atoms with van der Waals surface area (Å²) in [5.74, 6) is -0.0511. The highest BCUT2D eigenvalue weighted by atomic mass is 28.4. The zero-order valence-corrected chi connectivity index (χ0v) is 10.8. The fraction of sp³-hybridized carbons (Fsp3) is 0.889. The van der Waals surface area contributed by atoms with Gasteiger partial charge in [-0.15, -0.1) is 0 Å². The molecule has 0 heterocycles. The van der Waals surface area contributed by atoms with Crippen molar-refractivity contribution in [3.63, 3.8) is 0 Å². The second-order valence-corrected chi connectivity index (χ2v) is 9.57. The molecule has 0 spiro atoms. The summed E-state index contributed by atoms with van der Waals surface area (Å²) in [5, 5.41) is 1.48. The van der Waals surface area contributed by atoms with E-state index in [0.717, 1.165) is 0 Å². The molecule has 0 aliphatic carbocycles. The molecule has 0 radical (unpaired) electrons. The molecule has 0 rings (SSSR count). The minimum absolute atomic E-state index is 0.0511. The summed E-state index contributed by atoms with van der Waals surface area (Å²) in [6.45, 7) is 12.2. The lowest BCUT2D eigenvalue weighted by Gasteiger charge is -2.38. The van der Waals surface area contributed by atoms with Crippen LogP contribution in [0, 0.1) is 0 Å². The first-order valence-corrected chi connectivity index (χ1v) is 7.42. The molecule has 0 saturated carbocycles. The van der Waals surface area contributed by atoms with E-state index in [0.29, 0.717) is 0 Å².